The van der Waals surface area contributed by atoms with Crippen LogP contribution in [-0.2, 0) is 0 Å². The summed E-state index contributed by atoms with van der Waals surface area (Å²) in [5.74, 6) is 1.08. The summed E-state index contributed by atoms with van der Waals surface area (Å²) < 4.78 is 4.99. The van der Waals surface area contributed by atoms with Crippen molar-refractivity contribution in [3.8, 4) is 5.75 Å². The molecule has 0 aliphatic carbocycles. The summed E-state index contributed by atoms with van der Waals surface area (Å²) >= 11 is 6.80. The summed E-state index contributed by atoms with van der Waals surface area (Å²) in [6, 6.07) is 1.71. The van der Waals surface area contributed by atoms with Crippen LogP contribution < -0.4 is 10.1 Å². The number of allylic oxidation sites excluding steroid dienone is 1. The largest absolute Gasteiger partial charge is 0.496 e. The van der Waals surface area contributed by atoms with E-state index in [1.54, 1.807) is 24.6 Å². The van der Waals surface area contributed by atoms with Crippen LogP contribution in [-0.4, -0.2) is 25.4 Å². The second kappa shape index (κ2) is 6.48. The molecule has 0 bridgehead atoms. The Morgan fingerprint density at radius 3 is 3.07 bits per heavy atom. The van der Waals surface area contributed by atoms with Gasteiger partial charge in [-0.15, -0.1) is 22.9 Å². The molecule has 82 valence electrons. The predicted molar refractivity (Wildman–Crippen MR) is 63.1 cm³/mol. The van der Waals surface area contributed by atoms with Crippen molar-refractivity contribution in [2.24, 2.45) is 0 Å². The van der Waals surface area contributed by atoms with Crippen molar-refractivity contribution < 1.29 is 9.53 Å². The Labute approximate surface area is 97.7 Å². The Bertz CT molecular complexity index is 349. The van der Waals surface area contributed by atoms with E-state index in [9.17, 15) is 4.79 Å². The smallest absolute Gasteiger partial charge is 0.261 e. The van der Waals surface area contributed by atoms with Crippen molar-refractivity contribution in [2.45, 2.75) is 0 Å². The third-order valence-corrected chi connectivity index (χ3v) is 2.76. The normalized spacial score (nSPS) is 10.5. The minimum atomic E-state index is -0.0949. The van der Waals surface area contributed by atoms with Gasteiger partial charge in [0.15, 0.2) is 0 Å². The van der Waals surface area contributed by atoms with Crippen LogP contribution >= 0.6 is 22.9 Å². The second-order valence-electron chi connectivity index (χ2n) is 2.69. The molecule has 0 aromatic carbocycles. The number of hydrogen-bond acceptors (Lipinski definition) is 3. The van der Waals surface area contributed by atoms with Crippen LogP contribution in [0.4, 0.5) is 0 Å². The Morgan fingerprint density at radius 1 is 1.67 bits per heavy atom. The Hall–Kier alpha value is -1.000. The number of amides is 1. The molecule has 0 unspecified atom stereocenters. The number of carbonyl (C=O) groups excluding carboxylic acids is 1. The molecule has 0 fully saturated rings. The molecule has 0 aliphatic heterocycles. The molecule has 0 saturated carbocycles. The molecule has 0 radical (unpaired) electrons. The van der Waals surface area contributed by atoms with Gasteiger partial charge in [-0.25, -0.2) is 0 Å². The minimum absolute atomic E-state index is 0.0949. The fourth-order valence-electron chi connectivity index (χ4n) is 0.930. The van der Waals surface area contributed by atoms with Crippen molar-refractivity contribution in [1.29, 1.82) is 0 Å². The Kier molecular flexibility index (Phi) is 5.21. The quantitative estimate of drug-likeness (QED) is 0.639. The molecular formula is C10H12ClNO2S. The van der Waals surface area contributed by atoms with E-state index in [4.69, 9.17) is 16.3 Å². The number of rotatable bonds is 5. The lowest BCUT2D eigenvalue weighted by Gasteiger charge is -1.98. The van der Waals surface area contributed by atoms with Crippen molar-refractivity contribution in [2.75, 3.05) is 19.5 Å². The topological polar surface area (TPSA) is 38.3 Å². The number of ether oxygens (including phenoxy) is 1. The summed E-state index contributed by atoms with van der Waals surface area (Å²) in [7, 11) is 1.58. The average Bonchev–Trinajstić information content (AvgIpc) is 2.72. The van der Waals surface area contributed by atoms with Gasteiger partial charge in [-0.1, -0.05) is 12.2 Å². The summed E-state index contributed by atoms with van der Waals surface area (Å²) in [4.78, 5) is 12.2. The Morgan fingerprint density at radius 2 is 2.47 bits per heavy atom. The van der Waals surface area contributed by atoms with Crippen LogP contribution in [0.15, 0.2) is 23.6 Å². The molecule has 0 atom stereocenters. The lowest BCUT2D eigenvalue weighted by molar-refractivity contribution is 0.0962. The summed E-state index contributed by atoms with van der Waals surface area (Å²) in [5, 5.41) is 4.54. The highest BCUT2D eigenvalue weighted by Crippen LogP contribution is 2.20. The van der Waals surface area contributed by atoms with E-state index in [1.165, 1.54) is 11.3 Å². The molecular weight excluding hydrogens is 234 g/mol. The molecule has 5 heteroatoms. The molecule has 1 N–H and O–H groups in total. The number of carbonyl (C=O) groups is 1. The van der Waals surface area contributed by atoms with Gasteiger partial charge >= 0.3 is 0 Å². The van der Waals surface area contributed by atoms with E-state index in [2.05, 4.69) is 5.32 Å². The van der Waals surface area contributed by atoms with Crippen LogP contribution in [0.1, 0.15) is 9.67 Å². The zero-order chi connectivity index (χ0) is 11.1. The predicted octanol–water partition coefficient (Wildman–Crippen LogP) is 2.28. The maximum Gasteiger partial charge on any atom is 0.261 e. The number of methoxy groups -OCH3 is 1. The van der Waals surface area contributed by atoms with Gasteiger partial charge in [0.2, 0.25) is 0 Å². The highest BCUT2D eigenvalue weighted by Gasteiger charge is 2.07. The van der Waals surface area contributed by atoms with Crippen LogP contribution in [0.25, 0.3) is 0 Å². The van der Waals surface area contributed by atoms with Gasteiger partial charge in [0.1, 0.15) is 5.75 Å². The van der Waals surface area contributed by atoms with E-state index in [1.807, 2.05) is 6.08 Å². The van der Waals surface area contributed by atoms with Crippen molar-refractivity contribution in [1.82, 2.24) is 5.32 Å². The molecule has 0 aliphatic rings. The number of hydrogen-bond donors (Lipinski definition) is 1. The third-order valence-electron chi connectivity index (χ3n) is 1.67. The highest BCUT2D eigenvalue weighted by molar-refractivity contribution is 7.12. The van der Waals surface area contributed by atoms with Crippen molar-refractivity contribution in [3.05, 3.63) is 28.5 Å². The van der Waals surface area contributed by atoms with Crippen LogP contribution in [0.2, 0.25) is 0 Å². The maximum absolute atomic E-state index is 11.5. The first kappa shape index (κ1) is 12.1. The van der Waals surface area contributed by atoms with E-state index in [0.29, 0.717) is 23.1 Å². The zero-order valence-electron chi connectivity index (χ0n) is 8.33. The Balaban J connectivity index is 2.43. The average molecular weight is 246 g/mol. The molecule has 0 spiro atoms. The van der Waals surface area contributed by atoms with Crippen LogP contribution in [0, 0.1) is 0 Å². The standard InChI is InChI=1S/C10H12ClNO2S/c1-14-8-6-9(15-7-8)10(13)12-5-3-2-4-11/h2-3,6-7H,4-5H2,1H3,(H,12,13)/b3-2+. The van der Waals surface area contributed by atoms with Gasteiger partial charge < -0.3 is 10.1 Å². The van der Waals surface area contributed by atoms with Crippen molar-refractivity contribution >= 4 is 28.8 Å². The summed E-state index contributed by atoms with van der Waals surface area (Å²) in [5.41, 5.74) is 0. The van der Waals surface area contributed by atoms with E-state index in [0.717, 1.165) is 0 Å². The number of halogens is 1. The maximum atomic E-state index is 11.5. The summed E-state index contributed by atoms with van der Waals surface area (Å²) in [6.07, 6.45) is 3.60. The molecule has 1 rings (SSSR count). The van der Waals surface area contributed by atoms with Crippen LogP contribution in [0.3, 0.4) is 0 Å². The molecule has 3 nitrogen and oxygen atoms in total. The minimum Gasteiger partial charge on any atom is -0.496 e. The van der Waals surface area contributed by atoms with Gasteiger partial charge in [0.25, 0.3) is 5.91 Å². The monoisotopic (exact) mass is 245 g/mol. The number of nitrogens with one attached hydrogen (secondary N) is 1. The molecule has 15 heavy (non-hydrogen) atoms. The van der Waals surface area contributed by atoms with Gasteiger partial charge in [0, 0.05) is 23.9 Å². The third kappa shape index (κ3) is 3.93. The first-order valence-corrected chi connectivity index (χ1v) is 5.81. The van der Waals surface area contributed by atoms with E-state index < -0.39 is 0 Å². The SMILES string of the molecule is COc1csc(C(=O)NC/C=C/CCl)c1. The van der Waals surface area contributed by atoms with E-state index in [-0.39, 0.29) is 5.91 Å². The summed E-state index contributed by atoms with van der Waals surface area (Å²) in [6.45, 7) is 0.492. The zero-order valence-corrected chi connectivity index (χ0v) is 9.90. The highest BCUT2D eigenvalue weighted by atomic mass is 35.5. The number of thiophene rings is 1. The molecule has 1 aromatic heterocycles. The molecule has 0 saturated heterocycles. The lowest BCUT2D eigenvalue weighted by atomic mass is 10.4. The number of alkyl halides is 1. The molecule has 1 heterocycles. The van der Waals surface area contributed by atoms with Crippen molar-refractivity contribution in [3.63, 3.8) is 0 Å². The van der Waals surface area contributed by atoms with Gasteiger partial charge in [-0.05, 0) is 0 Å². The molecule has 1 aromatic rings. The van der Waals surface area contributed by atoms with E-state index >= 15 is 0 Å². The second-order valence-corrected chi connectivity index (χ2v) is 3.91. The van der Waals surface area contributed by atoms with Gasteiger partial charge in [0.05, 0.1) is 12.0 Å². The fourth-order valence-corrected chi connectivity index (χ4v) is 1.83. The van der Waals surface area contributed by atoms with Crippen LogP contribution in [0.5, 0.6) is 5.75 Å². The first-order chi connectivity index (χ1) is 7.27. The van der Waals surface area contributed by atoms with Gasteiger partial charge in [-0.2, -0.15) is 0 Å². The van der Waals surface area contributed by atoms with Gasteiger partial charge in [-0.3, -0.25) is 4.79 Å². The first-order valence-electron chi connectivity index (χ1n) is 4.39. The molecule has 1 amide bonds. The lowest BCUT2D eigenvalue weighted by Crippen LogP contribution is -2.22. The fraction of sp³-hybridized carbons (Fsp3) is 0.300.